The number of hydrogen-bond donors (Lipinski definition) is 1. The first-order chi connectivity index (χ1) is 9.50. The van der Waals surface area contributed by atoms with E-state index >= 15 is 0 Å². The summed E-state index contributed by atoms with van der Waals surface area (Å²) in [4.78, 5) is 14.5. The first kappa shape index (κ1) is 15.0. The summed E-state index contributed by atoms with van der Waals surface area (Å²) in [5, 5.41) is 3.32. The molecule has 0 bridgehead atoms. The van der Waals surface area contributed by atoms with Crippen LogP contribution >= 0.6 is 0 Å². The maximum atomic E-state index is 12.6. The molecular formula is C17H26N2O. The zero-order valence-corrected chi connectivity index (χ0v) is 13.1. The fourth-order valence-corrected chi connectivity index (χ4v) is 2.96. The van der Waals surface area contributed by atoms with Crippen molar-refractivity contribution in [3.63, 3.8) is 0 Å². The van der Waals surface area contributed by atoms with Crippen LogP contribution in [0.5, 0.6) is 0 Å². The molecule has 110 valence electrons. The molecule has 3 nitrogen and oxygen atoms in total. The van der Waals surface area contributed by atoms with Gasteiger partial charge in [-0.3, -0.25) is 4.79 Å². The molecule has 1 aromatic rings. The van der Waals surface area contributed by atoms with Crippen molar-refractivity contribution in [1.29, 1.82) is 0 Å². The van der Waals surface area contributed by atoms with Crippen molar-refractivity contribution in [2.24, 2.45) is 5.92 Å². The van der Waals surface area contributed by atoms with E-state index in [1.165, 1.54) is 16.7 Å². The molecule has 0 radical (unpaired) electrons. The van der Waals surface area contributed by atoms with Crippen LogP contribution in [0.4, 0.5) is 0 Å². The molecule has 1 fully saturated rings. The number of nitrogens with one attached hydrogen (secondary N) is 1. The lowest BCUT2D eigenvalue weighted by molar-refractivity contribution is -0.136. The third-order valence-electron chi connectivity index (χ3n) is 4.46. The van der Waals surface area contributed by atoms with Gasteiger partial charge in [0.05, 0.1) is 12.0 Å². The van der Waals surface area contributed by atoms with Crippen molar-refractivity contribution in [2.75, 3.05) is 20.1 Å². The molecule has 1 aliphatic heterocycles. The minimum atomic E-state index is 0.129. The van der Waals surface area contributed by atoms with Gasteiger partial charge in [0.1, 0.15) is 0 Å². The molecule has 0 spiro atoms. The minimum Gasteiger partial charge on any atom is -0.339 e. The van der Waals surface area contributed by atoms with Crippen LogP contribution in [-0.4, -0.2) is 30.9 Å². The molecule has 1 N–H and O–H groups in total. The summed E-state index contributed by atoms with van der Waals surface area (Å²) in [6.07, 6.45) is 2.11. The number of carbonyl (C=O) groups excluding carboxylic acids is 1. The highest BCUT2D eigenvalue weighted by Gasteiger charge is 2.27. The molecule has 20 heavy (non-hydrogen) atoms. The summed E-state index contributed by atoms with van der Waals surface area (Å²) in [5.41, 5.74) is 3.76. The highest BCUT2D eigenvalue weighted by molar-refractivity contribution is 5.79. The summed E-state index contributed by atoms with van der Waals surface area (Å²) >= 11 is 0. The largest absolute Gasteiger partial charge is 0.339 e. The maximum absolute atomic E-state index is 12.6. The molecule has 2 rings (SSSR count). The van der Waals surface area contributed by atoms with Gasteiger partial charge in [0.15, 0.2) is 0 Å². The summed E-state index contributed by atoms with van der Waals surface area (Å²) in [5.74, 6) is 0.409. The van der Waals surface area contributed by atoms with E-state index in [0.29, 0.717) is 0 Å². The Morgan fingerprint density at radius 3 is 2.80 bits per heavy atom. The Morgan fingerprint density at radius 1 is 1.40 bits per heavy atom. The van der Waals surface area contributed by atoms with Crippen molar-refractivity contribution in [1.82, 2.24) is 10.2 Å². The molecule has 1 aliphatic rings. The molecule has 2 atom stereocenters. The van der Waals surface area contributed by atoms with E-state index in [9.17, 15) is 4.79 Å². The normalized spacial score (nSPS) is 20.5. The molecule has 1 amide bonds. The maximum Gasteiger partial charge on any atom is 0.227 e. The van der Waals surface area contributed by atoms with E-state index in [1.54, 1.807) is 0 Å². The Balaban J connectivity index is 2.12. The van der Waals surface area contributed by atoms with Crippen LogP contribution in [-0.2, 0) is 4.79 Å². The van der Waals surface area contributed by atoms with Crippen LogP contribution < -0.4 is 5.32 Å². The average Bonchev–Trinajstić information content (AvgIpc) is 2.48. The second-order valence-electron chi connectivity index (χ2n) is 6.03. The molecule has 0 aliphatic carbocycles. The van der Waals surface area contributed by atoms with Crippen molar-refractivity contribution >= 4 is 5.91 Å². The number of piperidine rings is 1. The zero-order valence-electron chi connectivity index (χ0n) is 13.1. The Labute approximate surface area is 122 Å². The quantitative estimate of drug-likeness (QED) is 0.919. The highest BCUT2D eigenvalue weighted by Crippen LogP contribution is 2.26. The monoisotopic (exact) mass is 274 g/mol. The number of benzene rings is 1. The van der Waals surface area contributed by atoms with Gasteiger partial charge in [0, 0.05) is 13.6 Å². The van der Waals surface area contributed by atoms with Crippen LogP contribution in [0.25, 0.3) is 0 Å². The topological polar surface area (TPSA) is 32.3 Å². The first-order valence-corrected chi connectivity index (χ1v) is 7.55. The Morgan fingerprint density at radius 2 is 2.15 bits per heavy atom. The Bertz CT molecular complexity index is 478. The number of carbonyl (C=O) groups is 1. The van der Waals surface area contributed by atoms with Crippen molar-refractivity contribution in [3.8, 4) is 0 Å². The van der Waals surface area contributed by atoms with Crippen LogP contribution in [0.3, 0.4) is 0 Å². The van der Waals surface area contributed by atoms with Crippen molar-refractivity contribution < 1.29 is 4.79 Å². The van der Waals surface area contributed by atoms with Gasteiger partial charge in [-0.15, -0.1) is 0 Å². The summed E-state index contributed by atoms with van der Waals surface area (Å²) in [7, 11) is 1.93. The molecular weight excluding hydrogens is 248 g/mol. The van der Waals surface area contributed by atoms with Crippen LogP contribution in [0, 0.1) is 19.8 Å². The lowest BCUT2D eigenvalue weighted by atomic mass is 9.95. The summed E-state index contributed by atoms with van der Waals surface area (Å²) in [6, 6.07) is 6.59. The van der Waals surface area contributed by atoms with Crippen molar-refractivity contribution in [2.45, 2.75) is 39.7 Å². The number of aryl methyl sites for hydroxylation is 2. The van der Waals surface area contributed by atoms with Gasteiger partial charge in [-0.2, -0.15) is 0 Å². The lowest BCUT2D eigenvalue weighted by Crippen LogP contribution is -2.42. The van der Waals surface area contributed by atoms with Gasteiger partial charge in [-0.1, -0.05) is 23.8 Å². The minimum absolute atomic E-state index is 0.129. The molecule has 0 unspecified atom stereocenters. The van der Waals surface area contributed by atoms with Gasteiger partial charge in [0.2, 0.25) is 5.91 Å². The van der Waals surface area contributed by atoms with E-state index in [1.807, 2.05) is 11.9 Å². The SMILES string of the molecule is Cc1ccc(C)c([C@@H](C)N(C)C(=O)[C@@H]2CCCNC2)c1. The second kappa shape index (κ2) is 6.40. The summed E-state index contributed by atoms with van der Waals surface area (Å²) < 4.78 is 0. The molecule has 1 saturated heterocycles. The van der Waals surface area contributed by atoms with Gasteiger partial charge >= 0.3 is 0 Å². The third kappa shape index (κ3) is 3.21. The molecule has 1 heterocycles. The van der Waals surface area contributed by atoms with Gasteiger partial charge in [-0.05, 0) is 51.3 Å². The van der Waals surface area contributed by atoms with Crippen LogP contribution in [0.1, 0.15) is 42.5 Å². The zero-order chi connectivity index (χ0) is 14.7. The molecule has 0 aromatic heterocycles. The van der Waals surface area contributed by atoms with E-state index in [4.69, 9.17) is 0 Å². The fraction of sp³-hybridized carbons (Fsp3) is 0.588. The Hall–Kier alpha value is -1.35. The van der Waals surface area contributed by atoms with E-state index in [0.717, 1.165) is 25.9 Å². The Kier molecular flexibility index (Phi) is 4.81. The highest BCUT2D eigenvalue weighted by atomic mass is 16.2. The lowest BCUT2D eigenvalue weighted by Gasteiger charge is -2.32. The first-order valence-electron chi connectivity index (χ1n) is 7.55. The third-order valence-corrected chi connectivity index (χ3v) is 4.46. The van der Waals surface area contributed by atoms with Crippen LogP contribution in [0.2, 0.25) is 0 Å². The van der Waals surface area contributed by atoms with E-state index < -0.39 is 0 Å². The molecule has 0 saturated carbocycles. The number of hydrogen-bond acceptors (Lipinski definition) is 2. The fourth-order valence-electron chi connectivity index (χ4n) is 2.96. The number of nitrogens with zero attached hydrogens (tertiary/aromatic N) is 1. The average molecular weight is 274 g/mol. The van der Waals surface area contributed by atoms with Crippen molar-refractivity contribution in [3.05, 3.63) is 34.9 Å². The van der Waals surface area contributed by atoms with Gasteiger partial charge < -0.3 is 10.2 Å². The predicted octanol–water partition coefficient (Wildman–Crippen LogP) is 2.82. The second-order valence-corrected chi connectivity index (χ2v) is 6.03. The van der Waals surface area contributed by atoms with Gasteiger partial charge in [-0.25, -0.2) is 0 Å². The molecule has 3 heteroatoms. The van der Waals surface area contributed by atoms with E-state index in [-0.39, 0.29) is 17.9 Å². The predicted molar refractivity (Wildman–Crippen MR) is 82.7 cm³/mol. The summed E-state index contributed by atoms with van der Waals surface area (Å²) in [6.45, 7) is 8.20. The van der Waals surface area contributed by atoms with E-state index in [2.05, 4.69) is 44.3 Å². The standard InChI is InChI=1S/C17H26N2O/c1-12-7-8-13(2)16(10-12)14(3)19(4)17(20)15-6-5-9-18-11-15/h7-8,10,14-15,18H,5-6,9,11H2,1-4H3/t14-,15-/m1/s1. The number of rotatable bonds is 3. The number of amides is 1. The molecule has 1 aromatic carbocycles. The smallest absolute Gasteiger partial charge is 0.227 e. The van der Waals surface area contributed by atoms with Gasteiger partial charge in [0.25, 0.3) is 0 Å². The van der Waals surface area contributed by atoms with Crippen LogP contribution in [0.15, 0.2) is 18.2 Å².